The van der Waals surface area contributed by atoms with Crippen molar-refractivity contribution in [3.05, 3.63) is 80.5 Å². The lowest BCUT2D eigenvalue weighted by Gasteiger charge is -2.09. The summed E-state index contributed by atoms with van der Waals surface area (Å²) in [6.45, 7) is 2.34. The van der Waals surface area contributed by atoms with Gasteiger partial charge in [0.25, 0.3) is 5.91 Å². The number of nitrogens with one attached hydrogen (secondary N) is 1. The van der Waals surface area contributed by atoms with Crippen LogP contribution in [0.3, 0.4) is 0 Å². The molecule has 6 nitrogen and oxygen atoms in total. The topological polar surface area (TPSA) is 68.5 Å². The number of hydrogen-bond acceptors (Lipinski definition) is 5. The van der Waals surface area contributed by atoms with E-state index >= 15 is 0 Å². The van der Waals surface area contributed by atoms with Crippen LogP contribution in [0.15, 0.2) is 53.9 Å². The first kappa shape index (κ1) is 21.5. The quantitative estimate of drug-likeness (QED) is 0.292. The molecule has 0 bridgehead atoms. The van der Waals surface area contributed by atoms with Crippen molar-refractivity contribution in [3.63, 3.8) is 0 Å². The maximum atomic E-state index is 13.1. The van der Waals surface area contributed by atoms with E-state index in [9.17, 15) is 4.79 Å². The molecule has 0 aliphatic heterocycles. The molecule has 0 radical (unpaired) electrons. The van der Waals surface area contributed by atoms with Crippen LogP contribution in [0.4, 0.5) is 0 Å². The van der Waals surface area contributed by atoms with Crippen LogP contribution in [-0.2, 0) is 11.3 Å². The number of thiophene rings is 1. The van der Waals surface area contributed by atoms with Crippen LogP contribution in [-0.4, -0.2) is 28.8 Å². The van der Waals surface area contributed by atoms with Crippen LogP contribution in [0.5, 0.6) is 0 Å². The number of methoxy groups -OCH3 is 1. The second-order valence-corrected chi connectivity index (χ2v) is 8.59. The van der Waals surface area contributed by atoms with Crippen LogP contribution in [0, 0.1) is 6.92 Å². The van der Waals surface area contributed by atoms with Crippen molar-refractivity contribution in [2.24, 2.45) is 5.10 Å². The summed E-state index contributed by atoms with van der Waals surface area (Å²) in [5, 5.41) is 5.86. The van der Waals surface area contributed by atoms with Crippen LogP contribution in [0.1, 0.15) is 26.5 Å². The summed E-state index contributed by atoms with van der Waals surface area (Å²) in [5.74, 6) is -0.330. The molecular formula is C22H18Cl2N4O2S. The summed E-state index contributed by atoms with van der Waals surface area (Å²) < 4.78 is 7.30. The van der Waals surface area contributed by atoms with Gasteiger partial charge in [-0.05, 0) is 48.4 Å². The van der Waals surface area contributed by atoms with Gasteiger partial charge in [0.15, 0.2) is 0 Å². The monoisotopic (exact) mass is 472 g/mol. The fourth-order valence-electron chi connectivity index (χ4n) is 3.26. The maximum Gasteiger partial charge on any atom is 0.283 e. The number of rotatable bonds is 6. The minimum absolute atomic E-state index is 0.330. The number of carbonyl (C=O) groups is 1. The van der Waals surface area contributed by atoms with Crippen molar-refractivity contribution in [2.45, 2.75) is 13.5 Å². The van der Waals surface area contributed by atoms with E-state index in [1.807, 2.05) is 42.1 Å². The van der Waals surface area contributed by atoms with Crippen molar-refractivity contribution < 1.29 is 9.53 Å². The Kier molecular flexibility index (Phi) is 6.38. The molecule has 4 rings (SSSR count). The summed E-state index contributed by atoms with van der Waals surface area (Å²) in [6.07, 6.45) is 5.31. The summed E-state index contributed by atoms with van der Waals surface area (Å²) in [7, 11) is 1.65. The molecule has 0 saturated carbocycles. The molecule has 0 unspecified atom stereocenters. The average Bonchev–Trinajstić information content (AvgIpc) is 3.38. The second-order valence-electron chi connectivity index (χ2n) is 6.78. The van der Waals surface area contributed by atoms with Gasteiger partial charge >= 0.3 is 0 Å². The number of aryl methyl sites for hydroxylation is 1. The minimum atomic E-state index is -0.330. The van der Waals surface area contributed by atoms with Gasteiger partial charge in [-0.2, -0.15) is 5.10 Å². The van der Waals surface area contributed by atoms with E-state index < -0.39 is 0 Å². The molecule has 0 atom stereocenters. The SMILES string of the molecule is COCc1cc(C)nc2sc(C(=O)N/N=C/c3ccc(Cl)c(Cl)c3)c(-n3cccc3)c12. The van der Waals surface area contributed by atoms with Gasteiger partial charge in [0.1, 0.15) is 9.71 Å². The Balaban J connectivity index is 1.73. The molecule has 0 aliphatic carbocycles. The van der Waals surface area contributed by atoms with Gasteiger partial charge in [-0.25, -0.2) is 10.4 Å². The molecule has 3 aromatic heterocycles. The molecule has 0 fully saturated rings. The number of benzene rings is 1. The number of halogens is 2. The Labute approximate surface area is 193 Å². The Morgan fingerprint density at radius 3 is 2.74 bits per heavy atom. The first-order valence-electron chi connectivity index (χ1n) is 9.31. The smallest absolute Gasteiger partial charge is 0.283 e. The predicted molar refractivity (Wildman–Crippen MR) is 126 cm³/mol. The van der Waals surface area contributed by atoms with Crippen molar-refractivity contribution in [1.29, 1.82) is 0 Å². The van der Waals surface area contributed by atoms with Crippen molar-refractivity contribution in [1.82, 2.24) is 15.0 Å². The number of aromatic nitrogens is 2. The van der Waals surface area contributed by atoms with E-state index in [4.69, 9.17) is 27.9 Å². The van der Waals surface area contributed by atoms with E-state index in [1.54, 1.807) is 25.3 Å². The number of amides is 1. The zero-order chi connectivity index (χ0) is 22.0. The largest absolute Gasteiger partial charge is 0.380 e. The lowest BCUT2D eigenvalue weighted by molar-refractivity contribution is 0.0959. The molecule has 1 aromatic carbocycles. The molecule has 4 aromatic rings. The Morgan fingerprint density at radius 1 is 1.26 bits per heavy atom. The van der Waals surface area contributed by atoms with Crippen LogP contribution in [0.2, 0.25) is 10.0 Å². The highest BCUT2D eigenvalue weighted by Gasteiger charge is 2.23. The highest BCUT2D eigenvalue weighted by molar-refractivity contribution is 7.21. The van der Waals surface area contributed by atoms with Crippen LogP contribution < -0.4 is 5.43 Å². The maximum absolute atomic E-state index is 13.1. The molecule has 3 heterocycles. The summed E-state index contributed by atoms with van der Waals surface area (Å²) in [6, 6.07) is 10.9. The molecule has 31 heavy (non-hydrogen) atoms. The molecule has 0 aliphatic rings. The van der Waals surface area contributed by atoms with Gasteiger partial charge in [0.2, 0.25) is 0 Å². The van der Waals surface area contributed by atoms with Gasteiger partial charge in [-0.1, -0.05) is 29.3 Å². The van der Waals surface area contributed by atoms with E-state index in [1.165, 1.54) is 17.6 Å². The highest BCUT2D eigenvalue weighted by atomic mass is 35.5. The fourth-order valence-corrected chi connectivity index (χ4v) is 4.72. The Morgan fingerprint density at radius 2 is 2.03 bits per heavy atom. The Hall–Kier alpha value is -2.71. The number of ether oxygens (including phenoxy) is 1. The normalized spacial score (nSPS) is 11.5. The number of carbonyl (C=O) groups excluding carboxylic acids is 1. The third kappa shape index (κ3) is 4.50. The number of fused-ring (bicyclic) bond motifs is 1. The molecule has 0 spiro atoms. The van der Waals surface area contributed by atoms with Crippen LogP contribution in [0.25, 0.3) is 15.9 Å². The second kappa shape index (κ2) is 9.20. The zero-order valence-corrected chi connectivity index (χ0v) is 19.1. The van der Waals surface area contributed by atoms with Gasteiger partial charge in [-0.3, -0.25) is 4.79 Å². The van der Waals surface area contributed by atoms with Crippen molar-refractivity contribution >= 4 is 56.9 Å². The van der Waals surface area contributed by atoms with Crippen LogP contribution >= 0.6 is 34.5 Å². The number of nitrogens with zero attached hydrogens (tertiary/aromatic N) is 3. The Bertz CT molecular complexity index is 1280. The van der Waals surface area contributed by atoms with E-state index in [-0.39, 0.29) is 5.91 Å². The minimum Gasteiger partial charge on any atom is -0.380 e. The molecule has 0 saturated heterocycles. The lowest BCUT2D eigenvalue weighted by Crippen LogP contribution is -2.18. The standard InChI is InChI=1S/C22H18Cl2N4O2S/c1-13-9-15(12-30-2)18-19(28-7-3-4-8-28)20(31-22(18)26-13)21(29)27-25-11-14-5-6-16(23)17(24)10-14/h3-11H,12H2,1-2H3,(H,27,29)/b25-11+. The summed E-state index contributed by atoms with van der Waals surface area (Å²) in [5.41, 5.74) is 5.92. The van der Waals surface area contributed by atoms with Gasteiger partial charge in [0, 0.05) is 30.6 Å². The third-order valence-electron chi connectivity index (χ3n) is 4.54. The van der Waals surface area contributed by atoms with E-state index in [0.717, 1.165) is 32.7 Å². The zero-order valence-electron chi connectivity index (χ0n) is 16.7. The molecule has 1 amide bonds. The first-order chi connectivity index (χ1) is 15.0. The molecule has 9 heteroatoms. The number of hydrazone groups is 1. The van der Waals surface area contributed by atoms with E-state index in [2.05, 4.69) is 15.5 Å². The van der Waals surface area contributed by atoms with Crippen molar-refractivity contribution in [3.8, 4) is 5.69 Å². The third-order valence-corrected chi connectivity index (χ3v) is 6.35. The van der Waals surface area contributed by atoms with E-state index in [0.29, 0.717) is 21.5 Å². The van der Waals surface area contributed by atoms with Crippen molar-refractivity contribution in [2.75, 3.05) is 7.11 Å². The molecule has 158 valence electrons. The lowest BCUT2D eigenvalue weighted by atomic mass is 10.1. The van der Waals surface area contributed by atoms with Gasteiger partial charge in [-0.15, -0.1) is 11.3 Å². The summed E-state index contributed by atoms with van der Waals surface area (Å²) >= 11 is 13.3. The van der Waals surface area contributed by atoms with Gasteiger partial charge < -0.3 is 9.30 Å². The van der Waals surface area contributed by atoms with Gasteiger partial charge in [0.05, 0.1) is 28.6 Å². The number of pyridine rings is 1. The highest BCUT2D eigenvalue weighted by Crippen LogP contribution is 2.36. The molecule has 1 N–H and O–H groups in total. The number of hydrogen-bond donors (Lipinski definition) is 1. The summed E-state index contributed by atoms with van der Waals surface area (Å²) in [4.78, 5) is 19.0. The molecular weight excluding hydrogens is 455 g/mol. The first-order valence-corrected chi connectivity index (χ1v) is 10.9. The fraction of sp³-hybridized carbons (Fsp3) is 0.136. The average molecular weight is 473 g/mol. The predicted octanol–water partition coefficient (Wildman–Crippen LogP) is 5.61.